The van der Waals surface area contributed by atoms with Crippen LogP contribution in [-0.4, -0.2) is 18.1 Å². The molecule has 4 heteroatoms. The van der Waals surface area contributed by atoms with Crippen molar-refractivity contribution < 1.29 is 9.13 Å². The highest BCUT2D eigenvalue weighted by Gasteiger charge is 2.23. The molecule has 1 fully saturated rings. The Bertz CT molecular complexity index is 1360. The van der Waals surface area contributed by atoms with Gasteiger partial charge >= 0.3 is 0 Å². The second-order valence-corrected chi connectivity index (χ2v) is 10.2. The maximum absolute atomic E-state index is 13.9. The third-order valence-corrected chi connectivity index (χ3v) is 7.30. The summed E-state index contributed by atoms with van der Waals surface area (Å²) in [5.41, 5.74) is 7.39. The molecule has 0 aliphatic carbocycles. The molecule has 1 unspecified atom stereocenters. The van der Waals surface area contributed by atoms with Crippen LogP contribution in [-0.2, 0) is 0 Å². The van der Waals surface area contributed by atoms with E-state index < -0.39 is 0 Å². The second kappa shape index (κ2) is 10.3. The van der Waals surface area contributed by atoms with E-state index in [1.54, 1.807) is 0 Å². The van der Waals surface area contributed by atoms with Gasteiger partial charge in [-0.25, -0.2) is 4.39 Å². The molecule has 3 aromatic carbocycles. The molecule has 0 saturated carbocycles. The van der Waals surface area contributed by atoms with Crippen molar-refractivity contribution >= 4 is 16.6 Å². The first kappa shape index (κ1) is 24.3. The monoisotopic (exact) mass is 482 g/mol. The van der Waals surface area contributed by atoms with Gasteiger partial charge in [0.25, 0.3) is 0 Å². The van der Waals surface area contributed by atoms with Gasteiger partial charge in [0.2, 0.25) is 0 Å². The normalized spacial score (nSPS) is 14.9. The molecule has 36 heavy (non-hydrogen) atoms. The summed E-state index contributed by atoms with van der Waals surface area (Å²) in [7, 11) is 0. The Hall–Kier alpha value is -3.40. The number of hydrogen-bond acceptors (Lipinski definition) is 3. The molecular formula is C32H35FN2O. The molecule has 1 aliphatic heterocycles. The van der Waals surface area contributed by atoms with Crippen molar-refractivity contribution in [3.8, 4) is 16.9 Å². The minimum Gasteiger partial charge on any atom is -0.486 e. The Labute approximate surface area is 213 Å². The standard InChI is InChI=1S/C32H35FN2O/c1-21(2)27-10-6-7-11-30(27)36-23(4)31-22(3)34-29-17-16-26(35-18-8-5-9-19-35)20-28(29)32(31)24-12-14-25(33)15-13-24/h6-7,10-17,20-21,23H,5,8-9,18-19H2,1-4H3. The number of aryl methyl sites for hydroxylation is 1. The lowest BCUT2D eigenvalue weighted by molar-refractivity contribution is 0.223. The summed E-state index contributed by atoms with van der Waals surface area (Å²) in [5.74, 6) is 1.01. The Morgan fingerprint density at radius 3 is 2.33 bits per heavy atom. The Morgan fingerprint density at radius 1 is 0.889 bits per heavy atom. The van der Waals surface area contributed by atoms with E-state index >= 15 is 0 Å². The Balaban J connectivity index is 1.68. The molecular weight excluding hydrogens is 447 g/mol. The van der Waals surface area contributed by atoms with E-state index in [2.05, 4.69) is 62.9 Å². The topological polar surface area (TPSA) is 25.4 Å². The van der Waals surface area contributed by atoms with Gasteiger partial charge in [0, 0.05) is 35.4 Å². The zero-order valence-corrected chi connectivity index (χ0v) is 21.7. The lowest BCUT2D eigenvalue weighted by Crippen LogP contribution is -2.29. The third kappa shape index (κ3) is 4.82. The number of para-hydroxylation sites is 1. The van der Waals surface area contributed by atoms with Crippen LogP contribution in [0.5, 0.6) is 5.75 Å². The number of anilines is 1. The molecule has 4 aromatic rings. The van der Waals surface area contributed by atoms with Gasteiger partial charge in [-0.2, -0.15) is 0 Å². The minimum absolute atomic E-state index is 0.236. The van der Waals surface area contributed by atoms with E-state index in [0.29, 0.717) is 5.92 Å². The number of pyridine rings is 1. The number of rotatable bonds is 6. The van der Waals surface area contributed by atoms with Crippen molar-refractivity contribution in [2.24, 2.45) is 0 Å². The third-order valence-electron chi connectivity index (χ3n) is 7.30. The van der Waals surface area contributed by atoms with Crippen molar-refractivity contribution in [2.75, 3.05) is 18.0 Å². The lowest BCUT2D eigenvalue weighted by Gasteiger charge is -2.29. The van der Waals surface area contributed by atoms with Gasteiger partial charge in [-0.15, -0.1) is 0 Å². The highest BCUT2D eigenvalue weighted by Crippen LogP contribution is 2.40. The fourth-order valence-corrected chi connectivity index (χ4v) is 5.48. The summed E-state index contributed by atoms with van der Waals surface area (Å²) in [6.07, 6.45) is 3.50. The van der Waals surface area contributed by atoms with Crippen LogP contribution in [0.1, 0.15) is 68.9 Å². The average Bonchev–Trinajstić information content (AvgIpc) is 2.89. The summed E-state index contributed by atoms with van der Waals surface area (Å²) in [4.78, 5) is 7.48. The number of benzene rings is 3. The van der Waals surface area contributed by atoms with E-state index in [4.69, 9.17) is 9.72 Å². The predicted molar refractivity (Wildman–Crippen MR) is 148 cm³/mol. The maximum atomic E-state index is 13.9. The van der Waals surface area contributed by atoms with Gasteiger partial charge in [-0.05, 0) is 92.1 Å². The fraction of sp³-hybridized carbons (Fsp3) is 0.344. The van der Waals surface area contributed by atoms with Crippen LogP contribution >= 0.6 is 0 Å². The van der Waals surface area contributed by atoms with Gasteiger partial charge in [0.1, 0.15) is 17.7 Å². The van der Waals surface area contributed by atoms with Gasteiger partial charge in [0.05, 0.1) is 5.52 Å². The number of piperidine rings is 1. The van der Waals surface area contributed by atoms with Crippen molar-refractivity contribution in [2.45, 2.75) is 59.0 Å². The molecule has 0 N–H and O–H groups in total. The zero-order chi connectivity index (χ0) is 25.2. The van der Waals surface area contributed by atoms with Crippen LogP contribution in [0.3, 0.4) is 0 Å². The quantitative estimate of drug-likeness (QED) is 0.275. The van der Waals surface area contributed by atoms with E-state index in [9.17, 15) is 4.39 Å². The van der Waals surface area contributed by atoms with Crippen molar-refractivity contribution in [1.29, 1.82) is 0 Å². The molecule has 0 bridgehead atoms. The van der Waals surface area contributed by atoms with Crippen LogP contribution in [0.4, 0.5) is 10.1 Å². The molecule has 1 saturated heterocycles. The Morgan fingerprint density at radius 2 is 1.61 bits per heavy atom. The zero-order valence-electron chi connectivity index (χ0n) is 21.7. The number of nitrogens with zero attached hydrogens (tertiary/aromatic N) is 2. The largest absolute Gasteiger partial charge is 0.486 e. The van der Waals surface area contributed by atoms with Crippen LogP contribution in [0, 0.1) is 12.7 Å². The average molecular weight is 483 g/mol. The van der Waals surface area contributed by atoms with Crippen LogP contribution in [0.15, 0.2) is 66.7 Å². The van der Waals surface area contributed by atoms with Crippen LogP contribution in [0.2, 0.25) is 0 Å². The first-order chi connectivity index (χ1) is 17.4. The van der Waals surface area contributed by atoms with Crippen molar-refractivity contribution in [3.05, 3.63) is 89.4 Å². The molecule has 1 atom stereocenters. The SMILES string of the molecule is Cc1nc2ccc(N3CCCCC3)cc2c(-c2ccc(F)cc2)c1C(C)Oc1ccccc1C(C)C. The molecule has 1 aliphatic rings. The molecule has 0 radical (unpaired) electrons. The van der Waals surface area contributed by atoms with E-state index in [1.807, 2.05) is 24.3 Å². The lowest BCUT2D eigenvalue weighted by atomic mass is 9.91. The number of aromatic nitrogens is 1. The summed E-state index contributed by atoms with van der Waals surface area (Å²) < 4.78 is 20.6. The summed E-state index contributed by atoms with van der Waals surface area (Å²) in [5, 5.41) is 1.08. The van der Waals surface area contributed by atoms with E-state index in [1.165, 1.54) is 42.6 Å². The first-order valence-electron chi connectivity index (χ1n) is 13.1. The molecule has 0 spiro atoms. The number of fused-ring (bicyclic) bond motifs is 1. The summed E-state index contributed by atoms with van der Waals surface area (Å²) in [6, 6.07) is 21.6. The van der Waals surface area contributed by atoms with E-state index in [-0.39, 0.29) is 11.9 Å². The molecule has 0 amide bonds. The van der Waals surface area contributed by atoms with Crippen LogP contribution in [0.25, 0.3) is 22.0 Å². The van der Waals surface area contributed by atoms with Crippen molar-refractivity contribution in [1.82, 2.24) is 4.98 Å². The Kier molecular flexibility index (Phi) is 6.95. The van der Waals surface area contributed by atoms with E-state index in [0.717, 1.165) is 52.1 Å². The second-order valence-electron chi connectivity index (χ2n) is 10.2. The predicted octanol–water partition coefficient (Wildman–Crippen LogP) is 8.60. The molecule has 1 aromatic heterocycles. The van der Waals surface area contributed by atoms with Gasteiger partial charge in [0.15, 0.2) is 0 Å². The van der Waals surface area contributed by atoms with Crippen molar-refractivity contribution in [3.63, 3.8) is 0 Å². The maximum Gasteiger partial charge on any atom is 0.123 e. The van der Waals surface area contributed by atoms with Gasteiger partial charge in [-0.3, -0.25) is 4.98 Å². The minimum atomic E-state index is -0.237. The summed E-state index contributed by atoms with van der Waals surface area (Å²) in [6.45, 7) is 10.7. The van der Waals surface area contributed by atoms with Crippen LogP contribution < -0.4 is 9.64 Å². The summed E-state index contributed by atoms with van der Waals surface area (Å²) >= 11 is 0. The number of halogens is 1. The van der Waals surface area contributed by atoms with Gasteiger partial charge < -0.3 is 9.64 Å². The smallest absolute Gasteiger partial charge is 0.123 e. The number of ether oxygens (including phenoxy) is 1. The van der Waals surface area contributed by atoms with Gasteiger partial charge in [-0.1, -0.05) is 44.2 Å². The molecule has 3 nitrogen and oxygen atoms in total. The molecule has 5 rings (SSSR count). The molecule has 2 heterocycles. The number of hydrogen-bond donors (Lipinski definition) is 0. The first-order valence-corrected chi connectivity index (χ1v) is 13.1. The highest BCUT2D eigenvalue weighted by molar-refractivity contribution is 5.98. The highest BCUT2D eigenvalue weighted by atomic mass is 19.1. The molecule has 186 valence electrons. The fourth-order valence-electron chi connectivity index (χ4n) is 5.48.